The van der Waals surface area contributed by atoms with Crippen LogP contribution in [0.1, 0.15) is 24.1 Å². The van der Waals surface area contributed by atoms with Crippen molar-refractivity contribution in [2.75, 3.05) is 0 Å². The van der Waals surface area contributed by atoms with Crippen molar-refractivity contribution in [3.63, 3.8) is 0 Å². The van der Waals surface area contributed by atoms with Gasteiger partial charge in [-0.1, -0.05) is 0 Å². The molecule has 0 saturated heterocycles. The van der Waals surface area contributed by atoms with Crippen LogP contribution in [0.15, 0.2) is 16.3 Å². The molecule has 0 aromatic carbocycles. The molecule has 3 aliphatic rings. The molecule has 4 atom stereocenters. The van der Waals surface area contributed by atoms with Gasteiger partial charge in [0.05, 0.1) is 0 Å². The Labute approximate surface area is 117 Å². The Balaban J connectivity index is 1.51. The number of nitrogens with one attached hydrogen (secondary N) is 1. The van der Waals surface area contributed by atoms with Crippen molar-refractivity contribution in [3.8, 4) is 0 Å². The highest BCUT2D eigenvalue weighted by molar-refractivity contribution is 7.91. The van der Waals surface area contributed by atoms with E-state index >= 15 is 0 Å². The van der Waals surface area contributed by atoms with Gasteiger partial charge in [0, 0.05) is 17.5 Å². The molecule has 3 N–H and O–H groups in total. The molecule has 3 fully saturated rings. The minimum absolute atomic E-state index is 0.208. The maximum atomic E-state index is 12.3. The largest absolute Gasteiger partial charge is 0.326 e. The normalized spacial score (nSPS) is 39.5. The third kappa shape index (κ3) is 1.81. The van der Waals surface area contributed by atoms with Crippen LogP contribution in [-0.2, 0) is 16.6 Å². The zero-order valence-electron chi connectivity index (χ0n) is 10.6. The first-order valence-corrected chi connectivity index (χ1v) is 9.21. The van der Waals surface area contributed by atoms with E-state index < -0.39 is 10.0 Å². The molecule has 19 heavy (non-hydrogen) atoms. The first kappa shape index (κ1) is 12.3. The molecule has 0 aliphatic heterocycles. The first-order valence-electron chi connectivity index (χ1n) is 6.91. The number of thiophene rings is 1. The van der Waals surface area contributed by atoms with Gasteiger partial charge in [-0.25, -0.2) is 13.1 Å². The summed E-state index contributed by atoms with van der Waals surface area (Å²) in [5, 5.41) is 0. The average Bonchev–Trinajstić information content (AvgIpc) is 2.88. The molecule has 1 aromatic rings. The fraction of sp³-hybridized carbons (Fsp3) is 0.692. The summed E-state index contributed by atoms with van der Waals surface area (Å²) in [5.41, 5.74) is 5.53. The molecule has 4 nitrogen and oxygen atoms in total. The summed E-state index contributed by atoms with van der Waals surface area (Å²) in [7, 11) is -3.33. The lowest BCUT2D eigenvalue weighted by molar-refractivity contribution is 0.456. The summed E-state index contributed by atoms with van der Waals surface area (Å²) in [4.78, 5) is 0.913. The highest BCUT2D eigenvalue weighted by Gasteiger charge is 2.65. The second kappa shape index (κ2) is 4.04. The van der Waals surface area contributed by atoms with Crippen molar-refractivity contribution in [3.05, 3.63) is 17.0 Å². The average molecular weight is 298 g/mol. The van der Waals surface area contributed by atoms with Crippen LogP contribution in [0.25, 0.3) is 0 Å². The van der Waals surface area contributed by atoms with Crippen LogP contribution in [0.5, 0.6) is 0 Å². The van der Waals surface area contributed by atoms with Crippen LogP contribution < -0.4 is 10.5 Å². The lowest BCUT2D eigenvalue weighted by Gasteiger charge is -2.10. The molecular weight excluding hydrogens is 280 g/mol. The molecule has 1 heterocycles. The Morgan fingerprint density at radius 2 is 1.95 bits per heavy atom. The lowest BCUT2D eigenvalue weighted by Crippen LogP contribution is -2.29. The lowest BCUT2D eigenvalue weighted by atomic mass is 10.0. The van der Waals surface area contributed by atoms with Crippen LogP contribution in [0.3, 0.4) is 0 Å². The summed E-state index contributed by atoms with van der Waals surface area (Å²) >= 11 is 1.28. The summed E-state index contributed by atoms with van der Waals surface area (Å²) in [6, 6.07) is 3.68. The van der Waals surface area contributed by atoms with Gasteiger partial charge < -0.3 is 5.73 Å². The SMILES string of the molecule is NCc1ccc(S(=O)(=O)NC2C3C4CCC(C4)C23)s1. The van der Waals surface area contributed by atoms with Gasteiger partial charge in [0.2, 0.25) is 10.0 Å². The minimum atomic E-state index is -3.33. The van der Waals surface area contributed by atoms with E-state index in [1.807, 2.05) is 0 Å². The summed E-state index contributed by atoms with van der Waals surface area (Å²) in [6.07, 6.45) is 3.95. The molecule has 1 aromatic heterocycles. The third-order valence-corrected chi connectivity index (χ3v) is 8.19. The minimum Gasteiger partial charge on any atom is -0.326 e. The van der Waals surface area contributed by atoms with Crippen LogP contribution in [0.2, 0.25) is 0 Å². The highest BCUT2D eigenvalue weighted by atomic mass is 32.2. The van der Waals surface area contributed by atoms with Crippen molar-refractivity contribution in [1.29, 1.82) is 0 Å². The number of nitrogens with two attached hydrogens (primary N) is 1. The van der Waals surface area contributed by atoms with E-state index in [1.54, 1.807) is 12.1 Å². The van der Waals surface area contributed by atoms with Gasteiger partial charge in [0.15, 0.2) is 0 Å². The Hall–Kier alpha value is -0.430. The van der Waals surface area contributed by atoms with Gasteiger partial charge in [0.25, 0.3) is 0 Å². The van der Waals surface area contributed by atoms with E-state index in [0.717, 1.165) is 16.7 Å². The molecule has 0 spiro atoms. The Morgan fingerprint density at radius 1 is 1.26 bits per heavy atom. The van der Waals surface area contributed by atoms with Crippen molar-refractivity contribution >= 4 is 21.4 Å². The van der Waals surface area contributed by atoms with E-state index in [1.165, 1.54) is 30.6 Å². The molecule has 2 bridgehead atoms. The first-order chi connectivity index (χ1) is 9.10. The van der Waals surface area contributed by atoms with Gasteiger partial charge >= 0.3 is 0 Å². The second-order valence-corrected chi connectivity index (χ2v) is 9.17. The molecule has 3 saturated carbocycles. The highest BCUT2D eigenvalue weighted by Crippen LogP contribution is 2.65. The third-order valence-electron chi connectivity index (χ3n) is 5.13. The summed E-state index contributed by atoms with van der Waals surface area (Å²) < 4.78 is 28.0. The van der Waals surface area contributed by atoms with Gasteiger partial charge in [-0.05, 0) is 55.1 Å². The predicted molar refractivity (Wildman–Crippen MR) is 74.1 cm³/mol. The summed E-state index contributed by atoms with van der Waals surface area (Å²) in [6.45, 7) is 0.402. The molecule has 4 unspecified atom stereocenters. The smallest absolute Gasteiger partial charge is 0.250 e. The zero-order valence-corrected chi connectivity index (χ0v) is 12.2. The van der Waals surface area contributed by atoms with Crippen LogP contribution in [-0.4, -0.2) is 14.5 Å². The maximum absolute atomic E-state index is 12.3. The molecule has 6 heteroatoms. The maximum Gasteiger partial charge on any atom is 0.250 e. The Kier molecular flexibility index (Phi) is 2.62. The van der Waals surface area contributed by atoms with Crippen LogP contribution in [0.4, 0.5) is 0 Å². The topological polar surface area (TPSA) is 72.2 Å². The van der Waals surface area contributed by atoms with E-state index in [2.05, 4.69) is 4.72 Å². The molecule has 3 aliphatic carbocycles. The van der Waals surface area contributed by atoms with Crippen LogP contribution >= 0.6 is 11.3 Å². The molecular formula is C13H18N2O2S2. The van der Waals surface area contributed by atoms with E-state index in [0.29, 0.717) is 22.6 Å². The predicted octanol–water partition coefficient (Wildman–Crippen LogP) is 1.53. The van der Waals surface area contributed by atoms with Gasteiger partial charge in [-0.2, -0.15) is 0 Å². The summed E-state index contributed by atoms with van der Waals surface area (Å²) in [5.74, 6) is 2.82. The van der Waals surface area contributed by atoms with Gasteiger partial charge in [-0.3, -0.25) is 0 Å². The standard InChI is InChI=1S/C13H18N2O2S2/c14-6-9-3-4-10(18-9)19(16,17)15-13-11-7-1-2-8(5-7)12(11)13/h3-4,7-8,11-13,15H,1-2,5-6,14H2. The second-order valence-electron chi connectivity index (χ2n) is 6.06. The number of hydrogen-bond donors (Lipinski definition) is 2. The van der Waals surface area contributed by atoms with Crippen LogP contribution in [0, 0.1) is 23.7 Å². The molecule has 4 rings (SSSR count). The monoisotopic (exact) mass is 298 g/mol. The fourth-order valence-electron chi connectivity index (χ4n) is 4.33. The quantitative estimate of drug-likeness (QED) is 0.885. The van der Waals surface area contributed by atoms with Gasteiger partial charge in [-0.15, -0.1) is 11.3 Å². The van der Waals surface area contributed by atoms with Crippen molar-refractivity contribution in [2.45, 2.75) is 36.1 Å². The van der Waals surface area contributed by atoms with Crippen molar-refractivity contribution in [1.82, 2.24) is 4.72 Å². The Bertz CT molecular complexity index is 594. The van der Waals surface area contributed by atoms with E-state index in [-0.39, 0.29) is 6.04 Å². The van der Waals surface area contributed by atoms with Gasteiger partial charge in [0.1, 0.15) is 4.21 Å². The fourth-order valence-corrected chi connectivity index (χ4v) is 6.89. The van der Waals surface area contributed by atoms with Crippen molar-refractivity contribution in [2.24, 2.45) is 29.4 Å². The number of sulfonamides is 1. The molecule has 0 radical (unpaired) electrons. The number of hydrogen-bond acceptors (Lipinski definition) is 4. The van der Waals surface area contributed by atoms with E-state index in [9.17, 15) is 8.42 Å². The van der Waals surface area contributed by atoms with E-state index in [4.69, 9.17) is 5.73 Å². The van der Waals surface area contributed by atoms with Crippen molar-refractivity contribution < 1.29 is 8.42 Å². The zero-order chi connectivity index (χ0) is 13.2. The molecule has 0 amide bonds. The Morgan fingerprint density at radius 3 is 2.53 bits per heavy atom. The number of fused-ring (bicyclic) bond motifs is 5. The molecule has 104 valence electrons. The number of rotatable bonds is 4.